The van der Waals surface area contributed by atoms with Crippen molar-refractivity contribution in [1.82, 2.24) is 0 Å². The molecule has 1 nitrogen and oxygen atoms in total. The molecule has 2 aliphatic rings. The monoisotopic (exact) mass is 200 g/mol. The van der Waals surface area contributed by atoms with Crippen LogP contribution in [0.15, 0.2) is 0 Å². The molecular formula is C11H20OS. The van der Waals surface area contributed by atoms with Crippen LogP contribution in [0.25, 0.3) is 0 Å². The van der Waals surface area contributed by atoms with Crippen LogP contribution in [0.3, 0.4) is 0 Å². The van der Waals surface area contributed by atoms with E-state index in [1.165, 1.54) is 25.7 Å². The summed E-state index contributed by atoms with van der Waals surface area (Å²) in [5.41, 5.74) is -0.320. The van der Waals surface area contributed by atoms with Crippen molar-refractivity contribution in [2.75, 3.05) is 5.75 Å². The molecule has 0 amide bonds. The van der Waals surface area contributed by atoms with E-state index in [1.54, 1.807) is 0 Å². The van der Waals surface area contributed by atoms with Gasteiger partial charge < -0.3 is 5.11 Å². The van der Waals surface area contributed by atoms with Gasteiger partial charge in [0.15, 0.2) is 0 Å². The molecule has 0 aromatic carbocycles. The van der Waals surface area contributed by atoms with Crippen LogP contribution in [-0.4, -0.2) is 21.7 Å². The Balaban J connectivity index is 1.91. The van der Waals surface area contributed by atoms with E-state index >= 15 is 0 Å². The van der Waals surface area contributed by atoms with Crippen molar-refractivity contribution in [3.05, 3.63) is 0 Å². The molecule has 1 heterocycles. The van der Waals surface area contributed by atoms with Crippen LogP contribution in [0.1, 0.15) is 45.4 Å². The van der Waals surface area contributed by atoms with Crippen LogP contribution in [-0.2, 0) is 0 Å². The Morgan fingerprint density at radius 1 is 1.38 bits per heavy atom. The summed E-state index contributed by atoms with van der Waals surface area (Å²) < 4.78 is 0. The second kappa shape index (κ2) is 3.82. The molecule has 0 radical (unpaired) electrons. The molecule has 0 aromatic heterocycles. The maximum absolute atomic E-state index is 10.4. The zero-order valence-corrected chi connectivity index (χ0v) is 9.28. The van der Waals surface area contributed by atoms with Crippen LogP contribution < -0.4 is 0 Å². The van der Waals surface area contributed by atoms with Gasteiger partial charge in [0.25, 0.3) is 0 Å². The maximum Gasteiger partial charge on any atom is 0.0773 e. The lowest BCUT2D eigenvalue weighted by molar-refractivity contribution is 0.0215. The van der Waals surface area contributed by atoms with Gasteiger partial charge in [0.05, 0.1) is 5.60 Å². The Kier molecular flexibility index (Phi) is 2.89. The highest BCUT2D eigenvalue weighted by atomic mass is 32.2. The lowest BCUT2D eigenvalue weighted by Gasteiger charge is -2.29. The van der Waals surface area contributed by atoms with Crippen molar-refractivity contribution in [1.29, 1.82) is 0 Å². The second-order valence-corrected chi connectivity index (χ2v) is 6.17. The summed E-state index contributed by atoms with van der Waals surface area (Å²) in [4.78, 5) is 0. The summed E-state index contributed by atoms with van der Waals surface area (Å²) in [6.45, 7) is 2.19. The van der Waals surface area contributed by atoms with Gasteiger partial charge in [0.2, 0.25) is 0 Å². The van der Waals surface area contributed by atoms with Crippen molar-refractivity contribution in [3.63, 3.8) is 0 Å². The summed E-state index contributed by atoms with van der Waals surface area (Å²) in [5, 5.41) is 10.9. The summed E-state index contributed by atoms with van der Waals surface area (Å²) in [5.74, 6) is 1.98. The first-order valence-electron chi connectivity index (χ1n) is 5.55. The van der Waals surface area contributed by atoms with Crippen LogP contribution in [0.4, 0.5) is 0 Å². The Morgan fingerprint density at radius 3 is 2.62 bits per heavy atom. The molecular weight excluding hydrogens is 180 g/mol. The lowest BCUT2D eigenvalue weighted by Crippen LogP contribution is -2.36. The van der Waals surface area contributed by atoms with Crippen molar-refractivity contribution in [2.24, 2.45) is 5.92 Å². The molecule has 1 aliphatic carbocycles. The first-order chi connectivity index (χ1) is 6.21. The van der Waals surface area contributed by atoms with Gasteiger partial charge in [-0.25, -0.2) is 0 Å². The summed E-state index contributed by atoms with van der Waals surface area (Å²) >= 11 is 1.94. The molecule has 0 bridgehead atoms. The first kappa shape index (κ1) is 9.85. The van der Waals surface area contributed by atoms with Gasteiger partial charge in [-0.1, -0.05) is 32.6 Å². The van der Waals surface area contributed by atoms with Gasteiger partial charge in [-0.3, -0.25) is 0 Å². The van der Waals surface area contributed by atoms with E-state index < -0.39 is 0 Å². The summed E-state index contributed by atoms with van der Waals surface area (Å²) in [6, 6.07) is 0. The van der Waals surface area contributed by atoms with Crippen LogP contribution in [0.5, 0.6) is 0 Å². The highest BCUT2D eigenvalue weighted by Gasteiger charge is 2.40. The maximum atomic E-state index is 10.4. The molecule has 2 unspecified atom stereocenters. The van der Waals surface area contributed by atoms with Gasteiger partial charge in [-0.05, 0) is 24.5 Å². The molecule has 2 heteroatoms. The molecule has 76 valence electrons. The minimum atomic E-state index is -0.320. The van der Waals surface area contributed by atoms with Crippen molar-refractivity contribution in [2.45, 2.75) is 56.3 Å². The zero-order chi connectivity index (χ0) is 9.31. The third-order valence-corrected chi connectivity index (χ3v) is 5.16. The van der Waals surface area contributed by atoms with Gasteiger partial charge in [0.1, 0.15) is 0 Å². The van der Waals surface area contributed by atoms with Crippen molar-refractivity contribution < 1.29 is 5.11 Å². The molecule has 1 saturated heterocycles. The Hall–Kier alpha value is 0.310. The van der Waals surface area contributed by atoms with E-state index in [0.29, 0.717) is 5.25 Å². The van der Waals surface area contributed by atoms with Gasteiger partial charge in [0, 0.05) is 5.25 Å². The highest BCUT2D eigenvalue weighted by Crippen LogP contribution is 2.42. The third kappa shape index (κ3) is 2.04. The number of hydrogen-bond donors (Lipinski definition) is 1. The van der Waals surface area contributed by atoms with Crippen LogP contribution >= 0.6 is 11.8 Å². The SMILES string of the molecule is CC1SCCC1(O)CC1CCCC1. The molecule has 2 fully saturated rings. The van der Waals surface area contributed by atoms with E-state index in [-0.39, 0.29) is 5.60 Å². The third-order valence-electron chi connectivity index (χ3n) is 3.78. The van der Waals surface area contributed by atoms with E-state index in [4.69, 9.17) is 0 Å². The zero-order valence-electron chi connectivity index (χ0n) is 8.46. The molecule has 0 spiro atoms. The van der Waals surface area contributed by atoms with E-state index in [2.05, 4.69) is 6.92 Å². The summed E-state index contributed by atoms with van der Waals surface area (Å²) in [7, 11) is 0. The molecule has 1 aliphatic heterocycles. The predicted molar refractivity (Wildman–Crippen MR) is 58.1 cm³/mol. The highest BCUT2D eigenvalue weighted by molar-refractivity contribution is 8.00. The number of thioether (sulfide) groups is 1. The van der Waals surface area contributed by atoms with Gasteiger partial charge in [-0.2, -0.15) is 11.8 Å². The molecule has 2 rings (SSSR count). The van der Waals surface area contributed by atoms with Crippen LogP contribution in [0.2, 0.25) is 0 Å². The number of rotatable bonds is 2. The fraction of sp³-hybridized carbons (Fsp3) is 1.00. The molecule has 0 aromatic rings. The Morgan fingerprint density at radius 2 is 2.08 bits per heavy atom. The molecule has 1 saturated carbocycles. The topological polar surface area (TPSA) is 20.2 Å². The van der Waals surface area contributed by atoms with E-state index in [1.807, 2.05) is 11.8 Å². The normalized spacial score (nSPS) is 41.5. The second-order valence-electron chi connectivity index (χ2n) is 4.72. The summed E-state index contributed by atoms with van der Waals surface area (Å²) in [6.07, 6.45) is 7.60. The first-order valence-corrected chi connectivity index (χ1v) is 6.59. The molecule has 13 heavy (non-hydrogen) atoms. The number of hydrogen-bond acceptors (Lipinski definition) is 2. The van der Waals surface area contributed by atoms with Gasteiger partial charge >= 0.3 is 0 Å². The quantitative estimate of drug-likeness (QED) is 0.739. The average Bonchev–Trinajstić information content (AvgIpc) is 2.65. The Labute approximate surface area is 85.3 Å². The largest absolute Gasteiger partial charge is 0.389 e. The fourth-order valence-corrected chi connectivity index (χ4v) is 4.10. The molecule has 1 N–H and O–H groups in total. The lowest BCUT2D eigenvalue weighted by atomic mass is 9.85. The van der Waals surface area contributed by atoms with Crippen LogP contribution in [0, 0.1) is 5.92 Å². The Bertz CT molecular complexity index is 177. The smallest absolute Gasteiger partial charge is 0.0773 e. The predicted octanol–water partition coefficient (Wildman–Crippen LogP) is 2.82. The molecule has 2 atom stereocenters. The standard InChI is InChI=1S/C11H20OS/c1-9-11(12,6-7-13-9)8-10-4-2-3-5-10/h9-10,12H,2-8H2,1H3. The average molecular weight is 200 g/mol. The van der Waals surface area contributed by atoms with E-state index in [9.17, 15) is 5.11 Å². The fourth-order valence-electron chi connectivity index (χ4n) is 2.75. The number of aliphatic hydroxyl groups is 1. The minimum Gasteiger partial charge on any atom is -0.389 e. The van der Waals surface area contributed by atoms with Crippen molar-refractivity contribution in [3.8, 4) is 0 Å². The van der Waals surface area contributed by atoms with E-state index in [0.717, 1.165) is 24.5 Å². The minimum absolute atomic E-state index is 0.320. The van der Waals surface area contributed by atoms with Crippen molar-refractivity contribution >= 4 is 11.8 Å². The van der Waals surface area contributed by atoms with Gasteiger partial charge in [-0.15, -0.1) is 0 Å².